The Morgan fingerprint density at radius 2 is 1.97 bits per heavy atom. The number of nitrogens with two attached hydrogens (primary N) is 1. The molecule has 2 amide bonds. The van der Waals surface area contributed by atoms with Crippen molar-refractivity contribution >= 4 is 34.0 Å². The van der Waals surface area contributed by atoms with E-state index < -0.39 is 11.9 Å². The molecule has 3 aromatic rings. The highest BCUT2D eigenvalue weighted by Gasteiger charge is 2.35. The van der Waals surface area contributed by atoms with Crippen LogP contribution in [0.2, 0.25) is 0 Å². The maximum absolute atomic E-state index is 13.1. The van der Waals surface area contributed by atoms with E-state index in [0.29, 0.717) is 18.1 Å². The van der Waals surface area contributed by atoms with E-state index in [1.54, 1.807) is 12.5 Å². The number of rotatable bonds is 5. The monoisotopic (exact) mass is 408 g/mol. The Morgan fingerprint density at radius 1 is 1.21 bits per heavy atom. The van der Waals surface area contributed by atoms with Crippen molar-refractivity contribution in [3.05, 3.63) is 70.7 Å². The lowest BCUT2D eigenvalue weighted by molar-refractivity contribution is -0.123. The maximum Gasteiger partial charge on any atom is 0.274 e. The summed E-state index contributed by atoms with van der Waals surface area (Å²) < 4.78 is 5.15. The number of hydrogen-bond donors (Lipinski definition) is 2. The molecule has 148 valence electrons. The molecule has 1 unspecified atom stereocenters. The summed E-state index contributed by atoms with van der Waals surface area (Å²) in [4.78, 5) is 31.2. The van der Waals surface area contributed by atoms with Crippen molar-refractivity contribution in [1.82, 2.24) is 9.88 Å². The fraction of sp³-hybridized carbons (Fsp3) is 0.190. The van der Waals surface area contributed by atoms with E-state index in [4.69, 9.17) is 10.5 Å². The molecule has 3 N–H and O–H groups in total. The Hall–Kier alpha value is -3.39. The third-order valence-corrected chi connectivity index (χ3v) is 5.64. The van der Waals surface area contributed by atoms with E-state index in [9.17, 15) is 9.59 Å². The van der Waals surface area contributed by atoms with Crippen molar-refractivity contribution in [3.63, 3.8) is 0 Å². The van der Waals surface area contributed by atoms with Gasteiger partial charge < -0.3 is 20.7 Å². The molecule has 0 spiro atoms. The minimum absolute atomic E-state index is 0.289. The molecule has 1 aliphatic rings. The predicted molar refractivity (Wildman–Crippen MR) is 112 cm³/mol. The molecule has 1 aromatic heterocycles. The van der Waals surface area contributed by atoms with Gasteiger partial charge in [-0.1, -0.05) is 24.3 Å². The van der Waals surface area contributed by atoms with E-state index in [2.05, 4.69) is 10.3 Å². The number of ether oxygens (including phenoxy) is 1. The topological polar surface area (TPSA) is 97.6 Å². The summed E-state index contributed by atoms with van der Waals surface area (Å²) in [5, 5.41) is 5.45. The number of methoxy groups -OCH3 is 1. The van der Waals surface area contributed by atoms with E-state index in [0.717, 1.165) is 22.6 Å². The first kappa shape index (κ1) is 18.9. The molecule has 1 atom stereocenters. The van der Waals surface area contributed by atoms with Crippen molar-refractivity contribution in [2.24, 2.45) is 5.73 Å². The van der Waals surface area contributed by atoms with Crippen LogP contribution in [-0.4, -0.2) is 35.4 Å². The van der Waals surface area contributed by atoms with Crippen molar-refractivity contribution in [2.45, 2.75) is 12.5 Å². The van der Waals surface area contributed by atoms with Crippen LogP contribution in [0.5, 0.6) is 5.75 Å². The van der Waals surface area contributed by atoms with Gasteiger partial charge in [-0.05, 0) is 41.8 Å². The number of carbonyl (C=O) groups is 2. The summed E-state index contributed by atoms with van der Waals surface area (Å²) in [5.41, 5.74) is 8.59. The molecule has 0 aliphatic carbocycles. The molecule has 0 saturated carbocycles. The van der Waals surface area contributed by atoms with Gasteiger partial charge in [0.25, 0.3) is 5.91 Å². The minimum Gasteiger partial charge on any atom is -0.497 e. The number of hydrogen-bond acceptors (Lipinski definition) is 6. The fourth-order valence-electron chi connectivity index (χ4n) is 3.47. The second kappa shape index (κ2) is 7.92. The van der Waals surface area contributed by atoms with Crippen molar-refractivity contribution in [1.29, 1.82) is 0 Å². The third kappa shape index (κ3) is 3.79. The molecule has 0 fully saturated rings. The molecule has 1 aliphatic heterocycles. The molecule has 0 saturated heterocycles. The van der Waals surface area contributed by atoms with E-state index in [1.807, 2.05) is 48.5 Å². The number of nitrogens with one attached hydrogen (secondary N) is 1. The summed E-state index contributed by atoms with van der Waals surface area (Å²) in [5.74, 6) is -0.0897. The number of amides is 2. The summed E-state index contributed by atoms with van der Waals surface area (Å²) in [7, 11) is 1.61. The van der Waals surface area contributed by atoms with E-state index >= 15 is 0 Å². The van der Waals surface area contributed by atoms with Crippen LogP contribution in [0.15, 0.2) is 53.9 Å². The lowest BCUT2D eigenvalue weighted by Gasteiger charge is -2.35. The molecule has 7 nitrogen and oxygen atoms in total. The van der Waals surface area contributed by atoms with Crippen LogP contribution in [0.4, 0.5) is 10.8 Å². The van der Waals surface area contributed by atoms with Crippen LogP contribution in [0.25, 0.3) is 0 Å². The molecule has 0 radical (unpaired) electrons. The summed E-state index contributed by atoms with van der Waals surface area (Å²) in [6, 6.07) is 14.2. The van der Waals surface area contributed by atoms with Gasteiger partial charge in [-0.3, -0.25) is 9.59 Å². The zero-order valence-electron chi connectivity index (χ0n) is 15.8. The van der Waals surface area contributed by atoms with Gasteiger partial charge in [-0.25, -0.2) is 4.98 Å². The number of primary amides is 1. The van der Waals surface area contributed by atoms with Crippen LogP contribution in [0.1, 0.15) is 27.7 Å². The normalized spacial score (nSPS) is 15.5. The van der Waals surface area contributed by atoms with Gasteiger partial charge in [0, 0.05) is 17.6 Å². The van der Waals surface area contributed by atoms with Gasteiger partial charge in [-0.15, -0.1) is 11.3 Å². The number of thiazole rings is 1. The Kier molecular flexibility index (Phi) is 5.18. The number of aromatic nitrogens is 1. The molecule has 2 heterocycles. The van der Waals surface area contributed by atoms with Crippen LogP contribution in [-0.2, 0) is 11.2 Å². The Bertz CT molecular complexity index is 1050. The Balaban J connectivity index is 1.54. The third-order valence-electron chi connectivity index (χ3n) is 4.88. The first-order chi connectivity index (χ1) is 14.1. The zero-order valence-corrected chi connectivity index (χ0v) is 16.6. The number of nitrogens with zero attached hydrogens (tertiary/aromatic N) is 2. The largest absolute Gasteiger partial charge is 0.497 e. The van der Waals surface area contributed by atoms with Gasteiger partial charge in [0.05, 0.1) is 7.11 Å². The average molecular weight is 408 g/mol. The first-order valence-electron chi connectivity index (χ1n) is 9.11. The molecule has 29 heavy (non-hydrogen) atoms. The predicted octanol–water partition coefficient (Wildman–Crippen LogP) is 3.12. The second-order valence-corrected chi connectivity index (χ2v) is 7.50. The zero-order chi connectivity index (χ0) is 20.4. The molecule has 0 bridgehead atoms. The Morgan fingerprint density at radius 3 is 2.69 bits per heavy atom. The van der Waals surface area contributed by atoms with Crippen LogP contribution in [0.3, 0.4) is 0 Å². The van der Waals surface area contributed by atoms with Crippen LogP contribution >= 0.6 is 11.3 Å². The summed E-state index contributed by atoms with van der Waals surface area (Å²) >= 11 is 1.32. The minimum atomic E-state index is -0.785. The summed E-state index contributed by atoms with van der Waals surface area (Å²) in [6.45, 7) is 0.419. The SMILES string of the molecule is COc1ccc(Nc2nc(C(=O)N3CCc4ccccc4C3C(N)=O)cs2)cc1. The van der Waals surface area contributed by atoms with Gasteiger partial charge in [0.1, 0.15) is 17.5 Å². The standard InChI is InChI=1S/C21H20N4O3S/c1-28-15-8-6-14(7-9-15)23-21-24-17(12-29-21)20(27)25-11-10-13-4-2-3-5-16(13)18(25)19(22)26/h2-9,12,18H,10-11H2,1H3,(H2,22,26)(H,23,24). The van der Waals surface area contributed by atoms with E-state index in [1.165, 1.54) is 16.2 Å². The quantitative estimate of drug-likeness (QED) is 0.676. The molecular formula is C21H20N4O3S. The number of carbonyl (C=O) groups excluding carboxylic acids is 2. The van der Waals surface area contributed by atoms with Gasteiger partial charge >= 0.3 is 0 Å². The Labute approximate surface area is 172 Å². The van der Waals surface area contributed by atoms with Crippen molar-refractivity contribution in [2.75, 3.05) is 19.0 Å². The molecule has 2 aromatic carbocycles. The summed E-state index contributed by atoms with van der Waals surface area (Å²) in [6.07, 6.45) is 0.673. The van der Waals surface area contributed by atoms with Gasteiger partial charge in [0.15, 0.2) is 5.13 Å². The number of benzene rings is 2. The van der Waals surface area contributed by atoms with Gasteiger partial charge in [0.2, 0.25) is 5.91 Å². The number of anilines is 2. The van der Waals surface area contributed by atoms with Gasteiger partial charge in [-0.2, -0.15) is 0 Å². The highest BCUT2D eigenvalue weighted by Crippen LogP contribution is 2.31. The maximum atomic E-state index is 13.1. The fourth-order valence-corrected chi connectivity index (χ4v) is 4.17. The van der Waals surface area contributed by atoms with E-state index in [-0.39, 0.29) is 11.6 Å². The lowest BCUT2D eigenvalue weighted by atomic mass is 9.92. The highest BCUT2D eigenvalue weighted by molar-refractivity contribution is 7.14. The van der Waals surface area contributed by atoms with Crippen molar-refractivity contribution in [3.8, 4) is 5.75 Å². The van der Waals surface area contributed by atoms with Crippen LogP contribution in [0, 0.1) is 0 Å². The van der Waals surface area contributed by atoms with Crippen LogP contribution < -0.4 is 15.8 Å². The molecule has 4 rings (SSSR count). The average Bonchev–Trinajstić information content (AvgIpc) is 3.21. The number of fused-ring (bicyclic) bond motifs is 1. The first-order valence-corrected chi connectivity index (χ1v) is 9.99. The second-order valence-electron chi connectivity index (χ2n) is 6.64. The lowest BCUT2D eigenvalue weighted by Crippen LogP contribution is -2.45. The molecule has 8 heteroatoms. The molecular weight excluding hydrogens is 388 g/mol. The smallest absolute Gasteiger partial charge is 0.274 e. The highest BCUT2D eigenvalue weighted by atomic mass is 32.1. The van der Waals surface area contributed by atoms with Crippen molar-refractivity contribution < 1.29 is 14.3 Å².